The standard InChI is InChI=1S/C19H26N2O4/c1-11(2)16-17(20-19(24)21-18(16)23)15(25-6-5-22)10-14-8-12(3)7-13(4)9-14/h7-9,11,15,22H,5-6,10H2,1-4H3,(H2,20,21,23,24). The van der Waals surface area contributed by atoms with Crippen LogP contribution in [0.15, 0.2) is 27.8 Å². The molecule has 6 heteroatoms. The summed E-state index contributed by atoms with van der Waals surface area (Å²) in [5.41, 5.74) is 3.37. The molecule has 0 amide bonds. The Hall–Kier alpha value is -2.18. The minimum atomic E-state index is -0.553. The zero-order chi connectivity index (χ0) is 18.6. The molecular formula is C19H26N2O4. The van der Waals surface area contributed by atoms with Crippen LogP contribution in [0.2, 0.25) is 0 Å². The molecule has 0 bridgehead atoms. The molecule has 25 heavy (non-hydrogen) atoms. The molecule has 1 aromatic heterocycles. The van der Waals surface area contributed by atoms with E-state index in [2.05, 4.69) is 28.2 Å². The number of aryl methyl sites for hydroxylation is 2. The van der Waals surface area contributed by atoms with Crippen molar-refractivity contribution in [3.63, 3.8) is 0 Å². The van der Waals surface area contributed by atoms with Crippen LogP contribution in [0.4, 0.5) is 0 Å². The molecule has 0 radical (unpaired) electrons. The zero-order valence-electron chi connectivity index (χ0n) is 15.2. The predicted octanol–water partition coefficient (Wildman–Crippen LogP) is 2.10. The Morgan fingerprint density at radius 1 is 1.08 bits per heavy atom. The Kier molecular flexibility index (Phi) is 6.33. The first-order valence-corrected chi connectivity index (χ1v) is 8.47. The minimum Gasteiger partial charge on any atom is -0.394 e. The third-order valence-electron chi connectivity index (χ3n) is 4.02. The largest absolute Gasteiger partial charge is 0.394 e. The van der Waals surface area contributed by atoms with Gasteiger partial charge < -0.3 is 14.8 Å². The maximum absolute atomic E-state index is 12.3. The molecule has 0 aliphatic rings. The van der Waals surface area contributed by atoms with E-state index in [1.165, 1.54) is 0 Å². The fourth-order valence-corrected chi connectivity index (χ4v) is 3.18. The van der Waals surface area contributed by atoms with Gasteiger partial charge in [0, 0.05) is 12.0 Å². The zero-order valence-corrected chi connectivity index (χ0v) is 15.2. The molecular weight excluding hydrogens is 320 g/mol. The fourth-order valence-electron chi connectivity index (χ4n) is 3.18. The van der Waals surface area contributed by atoms with E-state index in [9.17, 15) is 9.59 Å². The summed E-state index contributed by atoms with van der Waals surface area (Å²) in [7, 11) is 0. The molecule has 136 valence electrons. The van der Waals surface area contributed by atoms with Gasteiger partial charge in [0.15, 0.2) is 0 Å². The van der Waals surface area contributed by atoms with Crippen LogP contribution >= 0.6 is 0 Å². The molecule has 0 fully saturated rings. The van der Waals surface area contributed by atoms with Crippen LogP contribution in [-0.4, -0.2) is 28.3 Å². The third kappa shape index (κ3) is 4.90. The lowest BCUT2D eigenvalue weighted by atomic mass is 9.95. The van der Waals surface area contributed by atoms with E-state index in [0.717, 1.165) is 16.7 Å². The minimum absolute atomic E-state index is 0.0740. The van der Waals surface area contributed by atoms with Crippen molar-refractivity contribution < 1.29 is 9.84 Å². The number of H-pyrrole nitrogens is 2. The van der Waals surface area contributed by atoms with Crippen LogP contribution in [0.25, 0.3) is 0 Å². The number of aliphatic hydroxyl groups excluding tert-OH is 1. The van der Waals surface area contributed by atoms with Gasteiger partial charge in [-0.05, 0) is 25.3 Å². The van der Waals surface area contributed by atoms with E-state index in [-0.39, 0.29) is 19.1 Å². The van der Waals surface area contributed by atoms with E-state index in [1.807, 2.05) is 27.7 Å². The van der Waals surface area contributed by atoms with Gasteiger partial charge in [-0.3, -0.25) is 9.78 Å². The summed E-state index contributed by atoms with van der Waals surface area (Å²) in [5, 5.41) is 9.14. The van der Waals surface area contributed by atoms with Crippen molar-refractivity contribution >= 4 is 0 Å². The molecule has 2 rings (SSSR count). The van der Waals surface area contributed by atoms with Crippen molar-refractivity contribution in [1.82, 2.24) is 9.97 Å². The van der Waals surface area contributed by atoms with Gasteiger partial charge in [0.05, 0.1) is 18.9 Å². The van der Waals surface area contributed by atoms with Crippen LogP contribution < -0.4 is 11.2 Å². The topological polar surface area (TPSA) is 95.2 Å². The molecule has 1 atom stereocenters. The molecule has 6 nitrogen and oxygen atoms in total. The number of aromatic amines is 2. The highest BCUT2D eigenvalue weighted by molar-refractivity contribution is 5.31. The summed E-state index contributed by atoms with van der Waals surface area (Å²) in [5.74, 6) is -0.0740. The maximum atomic E-state index is 12.3. The first-order chi connectivity index (χ1) is 11.8. The van der Waals surface area contributed by atoms with Crippen LogP contribution in [0.3, 0.4) is 0 Å². The molecule has 0 aliphatic carbocycles. The van der Waals surface area contributed by atoms with Crippen molar-refractivity contribution in [2.75, 3.05) is 13.2 Å². The van der Waals surface area contributed by atoms with E-state index in [0.29, 0.717) is 17.7 Å². The highest BCUT2D eigenvalue weighted by Gasteiger charge is 2.22. The van der Waals surface area contributed by atoms with Gasteiger partial charge >= 0.3 is 5.69 Å². The molecule has 0 saturated heterocycles. The molecule has 0 aliphatic heterocycles. The second-order valence-electron chi connectivity index (χ2n) is 6.67. The Labute approximate surface area is 146 Å². The van der Waals surface area contributed by atoms with E-state index in [1.54, 1.807) is 0 Å². The van der Waals surface area contributed by atoms with Crippen molar-refractivity contribution in [2.24, 2.45) is 0 Å². The fraction of sp³-hybridized carbons (Fsp3) is 0.474. The predicted molar refractivity (Wildman–Crippen MR) is 97.2 cm³/mol. The summed E-state index contributed by atoms with van der Waals surface area (Å²) in [6.07, 6.45) is -0.0116. The third-order valence-corrected chi connectivity index (χ3v) is 4.02. The van der Waals surface area contributed by atoms with Crippen molar-refractivity contribution in [3.05, 3.63) is 67.0 Å². The highest BCUT2D eigenvalue weighted by atomic mass is 16.5. The van der Waals surface area contributed by atoms with Gasteiger partial charge in [-0.15, -0.1) is 0 Å². The van der Waals surface area contributed by atoms with Gasteiger partial charge in [-0.2, -0.15) is 0 Å². The molecule has 0 spiro atoms. The maximum Gasteiger partial charge on any atom is 0.325 e. The Morgan fingerprint density at radius 3 is 2.28 bits per heavy atom. The smallest absolute Gasteiger partial charge is 0.325 e. The van der Waals surface area contributed by atoms with Crippen LogP contribution in [0.5, 0.6) is 0 Å². The summed E-state index contributed by atoms with van der Waals surface area (Å²) < 4.78 is 5.79. The molecule has 2 aromatic rings. The van der Waals surface area contributed by atoms with Crippen LogP contribution in [0.1, 0.15) is 53.8 Å². The SMILES string of the molecule is Cc1cc(C)cc(CC(OCCO)c2[nH]c(=O)[nH]c(=O)c2C(C)C)c1. The number of ether oxygens (including phenoxy) is 1. The Balaban J connectivity index is 2.50. The molecule has 1 aromatic carbocycles. The Morgan fingerprint density at radius 2 is 1.72 bits per heavy atom. The highest BCUT2D eigenvalue weighted by Crippen LogP contribution is 2.26. The lowest BCUT2D eigenvalue weighted by Gasteiger charge is -2.22. The number of aromatic nitrogens is 2. The summed E-state index contributed by atoms with van der Waals surface area (Å²) in [6.45, 7) is 7.83. The van der Waals surface area contributed by atoms with Gasteiger partial charge in [-0.25, -0.2) is 4.79 Å². The van der Waals surface area contributed by atoms with Crippen molar-refractivity contribution in [1.29, 1.82) is 0 Å². The summed E-state index contributed by atoms with van der Waals surface area (Å²) >= 11 is 0. The molecule has 1 unspecified atom stereocenters. The van der Waals surface area contributed by atoms with E-state index >= 15 is 0 Å². The average Bonchev–Trinajstić information content (AvgIpc) is 2.49. The lowest BCUT2D eigenvalue weighted by molar-refractivity contribution is 0.0247. The van der Waals surface area contributed by atoms with Gasteiger partial charge in [0.1, 0.15) is 6.10 Å². The van der Waals surface area contributed by atoms with Crippen molar-refractivity contribution in [3.8, 4) is 0 Å². The first kappa shape index (κ1) is 19.1. The lowest BCUT2D eigenvalue weighted by Crippen LogP contribution is -2.31. The van der Waals surface area contributed by atoms with E-state index in [4.69, 9.17) is 9.84 Å². The monoisotopic (exact) mass is 346 g/mol. The Bertz CT molecular complexity index is 816. The number of aliphatic hydroxyl groups is 1. The molecule has 3 N–H and O–H groups in total. The second-order valence-corrected chi connectivity index (χ2v) is 6.67. The number of nitrogens with one attached hydrogen (secondary N) is 2. The summed E-state index contributed by atoms with van der Waals surface area (Å²) in [4.78, 5) is 29.1. The molecule has 0 saturated carbocycles. The van der Waals surface area contributed by atoms with E-state index < -0.39 is 17.4 Å². The van der Waals surface area contributed by atoms with Gasteiger partial charge in [-0.1, -0.05) is 43.2 Å². The van der Waals surface area contributed by atoms with Gasteiger partial charge in [0.2, 0.25) is 0 Å². The number of benzene rings is 1. The number of hydrogen-bond donors (Lipinski definition) is 3. The molecule has 1 heterocycles. The second kappa shape index (κ2) is 8.27. The van der Waals surface area contributed by atoms with Crippen molar-refractivity contribution in [2.45, 2.75) is 46.1 Å². The number of rotatable bonds is 7. The van der Waals surface area contributed by atoms with Crippen LogP contribution in [0, 0.1) is 13.8 Å². The van der Waals surface area contributed by atoms with Gasteiger partial charge in [0.25, 0.3) is 5.56 Å². The quantitative estimate of drug-likeness (QED) is 0.715. The summed E-state index contributed by atoms with van der Waals surface area (Å²) in [6, 6.07) is 6.20. The number of hydrogen-bond acceptors (Lipinski definition) is 4. The average molecular weight is 346 g/mol. The van der Waals surface area contributed by atoms with Crippen LogP contribution in [-0.2, 0) is 11.2 Å². The first-order valence-electron chi connectivity index (χ1n) is 8.47. The normalized spacial score (nSPS) is 12.6.